The van der Waals surface area contributed by atoms with E-state index in [1.807, 2.05) is 13.8 Å². The average molecular weight is 226 g/mol. The predicted molar refractivity (Wildman–Crippen MR) is 60.1 cm³/mol. The fraction of sp³-hybridized carbons (Fsp3) is 0.636. The first-order valence-corrected chi connectivity index (χ1v) is 5.36. The van der Waals surface area contributed by atoms with Crippen LogP contribution in [-0.4, -0.2) is 41.1 Å². The molecule has 0 fully saturated rings. The van der Waals surface area contributed by atoms with E-state index < -0.39 is 11.9 Å². The van der Waals surface area contributed by atoms with E-state index in [1.165, 1.54) is 0 Å². The van der Waals surface area contributed by atoms with Gasteiger partial charge in [-0.2, -0.15) is 0 Å². The normalized spacial score (nSPS) is 23.5. The summed E-state index contributed by atoms with van der Waals surface area (Å²) in [7, 11) is 1.72. The van der Waals surface area contributed by atoms with Crippen molar-refractivity contribution in [2.45, 2.75) is 32.4 Å². The molecular weight excluding hydrogens is 208 g/mol. The number of nitrogens with zero attached hydrogens (tertiary/aromatic N) is 1. The standard InChI is InChI=1S/C11H18N2O3/c1-7(2)13(3)11(16)12-9-5-4-8(6-9)10(14)15/h4-5,7-9H,6H2,1-3H3,(H,12,16)(H,14,15). The smallest absolute Gasteiger partial charge is 0.317 e. The Morgan fingerprint density at radius 3 is 2.50 bits per heavy atom. The molecule has 2 atom stereocenters. The van der Waals surface area contributed by atoms with Crippen molar-refractivity contribution in [3.05, 3.63) is 12.2 Å². The summed E-state index contributed by atoms with van der Waals surface area (Å²) >= 11 is 0. The zero-order valence-electron chi connectivity index (χ0n) is 9.80. The molecule has 5 nitrogen and oxygen atoms in total. The Hall–Kier alpha value is -1.52. The van der Waals surface area contributed by atoms with Crippen LogP contribution in [0.25, 0.3) is 0 Å². The van der Waals surface area contributed by atoms with E-state index in [0.29, 0.717) is 6.42 Å². The van der Waals surface area contributed by atoms with Crippen LogP contribution in [0.15, 0.2) is 12.2 Å². The Morgan fingerprint density at radius 2 is 2.06 bits per heavy atom. The number of nitrogens with one attached hydrogen (secondary N) is 1. The van der Waals surface area contributed by atoms with Crippen molar-refractivity contribution in [2.24, 2.45) is 5.92 Å². The van der Waals surface area contributed by atoms with Gasteiger partial charge in [0, 0.05) is 13.1 Å². The van der Waals surface area contributed by atoms with Crippen LogP contribution >= 0.6 is 0 Å². The van der Waals surface area contributed by atoms with Crippen molar-refractivity contribution >= 4 is 12.0 Å². The first-order valence-electron chi connectivity index (χ1n) is 5.36. The van der Waals surface area contributed by atoms with Crippen LogP contribution in [0.2, 0.25) is 0 Å². The van der Waals surface area contributed by atoms with Crippen molar-refractivity contribution in [3.63, 3.8) is 0 Å². The maximum absolute atomic E-state index is 11.7. The van der Waals surface area contributed by atoms with E-state index in [2.05, 4.69) is 5.32 Å². The second kappa shape index (κ2) is 5.01. The molecule has 1 rings (SSSR count). The van der Waals surface area contributed by atoms with Gasteiger partial charge in [-0.05, 0) is 20.3 Å². The number of hydrogen-bond donors (Lipinski definition) is 2. The highest BCUT2D eigenvalue weighted by molar-refractivity contribution is 5.76. The number of carbonyl (C=O) groups excluding carboxylic acids is 1. The highest BCUT2D eigenvalue weighted by Crippen LogP contribution is 2.18. The molecule has 2 N–H and O–H groups in total. The quantitative estimate of drug-likeness (QED) is 0.707. The second-order valence-electron chi connectivity index (χ2n) is 4.33. The number of carboxylic acid groups (broad SMARTS) is 1. The first-order chi connectivity index (χ1) is 7.41. The maximum atomic E-state index is 11.7. The molecule has 0 heterocycles. The van der Waals surface area contributed by atoms with Gasteiger partial charge in [-0.15, -0.1) is 0 Å². The predicted octanol–water partition coefficient (Wildman–Crippen LogP) is 1.07. The Bertz CT molecular complexity index is 312. The third kappa shape index (κ3) is 2.98. The summed E-state index contributed by atoms with van der Waals surface area (Å²) in [4.78, 5) is 23.9. The van der Waals surface area contributed by atoms with E-state index in [-0.39, 0.29) is 18.1 Å². The van der Waals surface area contributed by atoms with Gasteiger partial charge in [-0.1, -0.05) is 12.2 Å². The molecule has 0 radical (unpaired) electrons. The zero-order valence-corrected chi connectivity index (χ0v) is 9.80. The molecule has 1 aliphatic rings. The zero-order chi connectivity index (χ0) is 12.3. The van der Waals surface area contributed by atoms with E-state index >= 15 is 0 Å². The van der Waals surface area contributed by atoms with Gasteiger partial charge in [0.15, 0.2) is 0 Å². The van der Waals surface area contributed by atoms with Gasteiger partial charge in [0.05, 0.1) is 12.0 Å². The summed E-state index contributed by atoms with van der Waals surface area (Å²) in [6.45, 7) is 3.84. The van der Waals surface area contributed by atoms with Crippen molar-refractivity contribution in [2.75, 3.05) is 7.05 Å². The van der Waals surface area contributed by atoms with Crippen LogP contribution in [0, 0.1) is 5.92 Å². The van der Waals surface area contributed by atoms with Gasteiger partial charge in [-0.3, -0.25) is 4.79 Å². The summed E-state index contributed by atoms with van der Waals surface area (Å²) in [6, 6.07) is -0.217. The second-order valence-corrected chi connectivity index (χ2v) is 4.33. The largest absolute Gasteiger partial charge is 0.481 e. The molecule has 90 valence electrons. The molecule has 1 aliphatic carbocycles. The van der Waals surface area contributed by atoms with Gasteiger partial charge in [0.2, 0.25) is 0 Å². The van der Waals surface area contributed by atoms with E-state index in [0.717, 1.165) is 0 Å². The fourth-order valence-corrected chi connectivity index (χ4v) is 1.48. The van der Waals surface area contributed by atoms with Gasteiger partial charge in [-0.25, -0.2) is 4.79 Å². The fourth-order valence-electron chi connectivity index (χ4n) is 1.48. The van der Waals surface area contributed by atoms with E-state index in [4.69, 9.17) is 5.11 Å². The molecule has 2 amide bonds. The maximum Gasteiger partial charge on any atom is 0.317 e. The van der Waals surface area contributed by atoms with E-state index in [9.17, 15) is 9.59 Å². The number of carboxylic acids is 1. The van der Waals surface area contributed by atoms with Crippen molar-refractivity contribution in [1.29, 1.82) is 0 Å². The van der Waals surface area contributed by atoms with Crippen LogP contribution < -0.4 is 5.32 Å². The molecule has 5 heteroatoms. The van der Waals surface area contributed by atoms with Crippen LogP contribution in [0.1, 0.15) is 20.3 Å². The summed E-state index contributed by atoms with van der Waals surface area (Å²) in [5.41, 5.74) is 0. The van der Waals surface area contributed by atoms with Gasteiger partial charge in [0.1, 0.15) is 0 Å². The Kier molecular flexibility index (Phi) is 3.93. The van der Waals surface area contributed by atoms with Crippen molar-refractivity contribution in [3.8, 4) is 0 Å². The number of hydrogen-bond acceptors (Lipinski definition) is 2. The Labute approximate surface area is 95.1 Å². The number of rotatable bonds is 3. The van der Waals surface area contributed by atoms with Crippen molar-refractivity contribution < 1.29 is 14.7 Å². The Morgan fingerprint density at radius 1 is 1.44 bits per heavy atom. The average Bonchev–Trinajstić information content (AvgIpc) is 2.64. The van der Waals surface area contributed by atoms with Crippen LogP contribution in [0.4, 0.5) is 4.79 Å². The summed E-state index contributed by atoms with van der Waals surface area (Å²) < 4.78 is 0. The minimum Gasteiger partial charge on any atom is -0.481 e. The summed E-state index contributed by atoms with van der Waals surface area (Å²) in [5.74, 6) is -1.32. The topological polar surface area (TPSA) is 69.6 Å². The molecule has 0 aromatic rings. The molecule has 0 saturated heterocycles. The molecule has 0 aromatic carbocycles. The number of urea groups is 1. The van der Waals surface area contributed by atoms with Gasteiger partial charge in [0.25, 0.3) is 0 Å². The molecule has 2 unspecified atom stereocenters. The van der Waals surface area contributed by atoms with Crippen LogP contribution in [-0.2, 0) is 4.79 Å². The molecule has 0 saturated carbocycles. The SMILES string of the molecule is CC(C)N(C)C(=O)NC1C=CC(C(=O)O)C1. The molecule has 16 heavy (non-hydrogen) atoms. The minimum absolute atomic E-state index is 0.126. The lowest BCUT2D eigenvalue weighted by atomic mass is 10.1. The molecule has 0 aromatic heterocycles. The third-order valence-electron chi connectivity index (χ3n) is 2.80. The van der Waals surface area contributed by atoms with Crippen molar-refractivity contribution in [1.82, 2.24) is 10.2 Å². The minimum atomic E-state index is -0.842. The summed E-state index contributed by atoms with van der Waals surface area (Å²) in [6.07, 6.45) is 3.81. The number of amides is 2. The van der Waals surface area contributed by atoms with E-state index in [1.54, 1.807) is 24.1 Å². The molecular formula is C11H18N2O3. The lowest BCUT2D eigenvalue weighted by Crippen LogP contribution is -2.44. The third-order valence-corrected chi connectivity index (χ3v) is 2.80. The van der Waals surface area contributed by atoms with Gasteiger partial charge >= 0.3 is 12.0 Å². The van der Waals surface area contributed by atoms with Crippen LogP contribution in [0.3, 0.4) is 0 Å². The number of carbonyl (C=O) groups is 2. The molecule has 0 aliphatic heterocycles. The monoisotopic (exact) mass is 226 g/mol. The number of aliphatic carboxylic acids is 1. The summed E-state index contributed by atoms with van der Waals surface area (Å²) in [5, 5.41) is 11.6. The lowest BCUT2D eigenvalue weighted by molar-refractivity contribution is -0.140. The van der Waals surface area contributed by atoms with Crippen LogP contribution in [0.5, 0.6) is 0 Å². The Balaban J connectivity index is 2.44. The molecule has 0 bridgehead atoms. The first kappa shape index (κ1) is 12.5. The van der Waals surface area contributed by atoms with Gasteiger partial charge < -0.3 is 15.3 Å². The highest BCUT2D eigenvalue weighted by Gasteiger charge is 2.26. The molecule has 0 spiro atoms. The highest BCUT2D eigenvalue weighted by atomic mass is 16.4. The lowest BCUT2D eigenvalue weighted by Gasteiger charge is -2.23.